The highest BCUT2D eigenvalue weighted by Crippen LogP contribution is 2.07. The smallest absolute Gasteiger partial charge is 0.408 e. The second-order valence-electron chi connectivity index (χ2n) is 7.87. The number of amides is 3. The number of hydrogen-bond donors (Lipinski definition) is 3. The van der Waals surface area contributed by atoms with Gasteiger partial charge in [0, 0.05) is 6.42 Å². The van der Waals surface area contributed by atoms with Crippen LogP contribution in [0, 0.1) is 0 Å². The predicted molar refractivity (Wildman–Crippen MR) is 111 cm³/mol. The van der Waals surface area contributed by atoms with Crippen molar-refractivity contribution in [3.8, 4) is 0 Å². The monoisotopic (exact) mass is 421 g/mol. The zero-order valence-corrected chi connectivity index (χ0v) is 18.3. The summed E-state index contributed by atoms with van der Waals surface area (Å²) in [5, 5.41) is 7.58. The number of esters is 1. The molecule has 3 amide bonds. The van der Waals surface area contributed by atoms with Gasteiger partial charge in [0.1, 0.15) is 23.7 Å². The molecule has 0 saturated carbocycles. The first-order valence-corrected chi connectivity index (χ1v) is 9.65. The van der Waals surface area contributed by atoms with E-state index in [9.17, 15) is 19.2 Å². The van der Waals surface area contributed by atoms with Gasteiger partial charge in [-0.15, -0.1) is 0 Å². The molecule has 0 aliphatic heterocycles. The highest BCUT2D eigenvalue weighted by Gasteiger charge is 2.28. The van der Waals surface area contributed by atoms with Crippen LogP contribution in [0.2, 0.25) is 0 Å². The molecule has 1 aromatic rings. The van der Waals surface area contributed by atoms with Gasteiger partial charge in [-0.2, -0.15) is 0 Å². The first-order valence-electron chi connectivity index (χ1n) is 9.65. The van der Waals surface area contributed by atoms with Gasteiger partial charge in [-0.1, -0.05) is 30.3 Å². The summed E-state index contributed by atoms with van der Waals surface area (Å²) in [6.07, 6.45) is -0.542. The van der Waals surface area contributed by atoms with E-state index in [1.807, 2.05) is 30.3 Å². The summed E-state index contributed by atoms with van der Waals surface area (Å²) in [6.45, 7) is 8.09. The van der Waals surface area contributed by atoms with E-state index in [0.29, 0.717) is 0 Å². The first-order chi connectivity index (χ1) is 13.9. The van der Waals surface area contributed by atoms with Crippen LogP contribution in [-0.4, -0.2) is 54.7 Å². The van der Waals surface area contributed by atoms with Crippen LogP contribution >= 0.6 is 0 Å². The van der Waals surface area contributed by atoms with Gasteiger partial charge in [-0.25, -0.2) is 9.59 Å². The topological polar surface area (TPSA) is 123 Å². The lowest BCUT2D eigenvalue weighted by Gasteiger charge is -2.24. The van der Waals surface area contributed by atoms with Gasteiger partial charge in [-0.05, 0) is 40.2 Å². The highest BCUT2D eigenvalue weighted by molar-refractivity contribution is 5.93. The summed E-state index contributed by atoms with van der Waals surface area (Å²) in [7, 11) is 1.22. The minimum Gasteiger partial charge on any atom is -0.467 e. The molecule has 0 saturated heterocycles. The molecule has 1 aromatic carbocycles. The van der Waals surface area contributed by atoms with Crippen LogP contribution < -0.4 is 16.0 Å². The fraction of sp³-hybridized carbons (Fsp3) is 0.524. The number of carbonyl (C=O) groups is 4. The van der Waals surface area contributed by atoms with Crippen molar-refractivity contribution in [1.29, 1.82) is 0 Å². The molecule has 0 bridgehead atoms. The Morgan fingerprint density at radius 2 is 1.50 bits per heavy atom. The molecule has 0 fully saturated rings. The Bertz CT molecular complexity index is 745. The molecule has 1 rings (SSSR count). The van der Waals surface area contributed by atoms with Crippen LogP contribution in [0.25, 0.3) is 0 Å². The molecule has 3 atom stereocenters. The first kappa shape index (κ1) is 24.9. The fourth-order valence-electron chi connectivity index (χ4n) is 2.46. The minimum atomic E-state index is -0.963. The zero-order valence-electron chi connectivity index (χ0n) is 18.3. The van der Waals surface area contributed by atoms with E-state index in [4.69, 9.17) is 4.74 Å². The summed E-state index contributed by atoms with van der Waals surface area (Å²) in [5.41, 5.74) is 0.108. The van der Waals surface area contributed by atoms with E-state index in [1.165, 1.54) is 21.0 Å². The number of benzene rings is 1. The molecule has 0 radical (unpaired) electrons. The molecule has 3 N–H and O–H groups in total. The number of methoxy groups -OCH3 is 1. The molecular formula is C21H31N3O6. The molecule has 0 aliphatic rings. The second-order valence-corrected chi connectivity index (χ2v) is 7.87. The summed E-state index contributed by atoms with van der Waals surface area (Å²) < 4.78 is 9.75. The molecule has 9 heteroatoms. The standard InChI is InChI=1S/C21H31N3O6/c1-13(23-20(28)30-21(3,4)5)17(25)24-16(12-15-10-8-7-9-11-15)18(26)22-14(2)19(27)29-6/h7-11,13-14,16H,12H2,1-6H3,(H,22,26)(H,23,28)(H,24,25)/t13-,14?,16?/m0/s1. The Kier molecular flexibility index (Phi) is 9.29. The van der Waals surface area contributed by atoms with Crippen molar-refractivity contribution in [2.45, 2.75) is 64.8 Å². The van der Waals surface area contributed by atoms with Crippen molar-refractivity contribution in [3.63, 3.8) is 0 Å². The van der Waals surface area contributed by atoms with Crippen LogP contribution in [0.1, 0.15) is 40.2 Å². The normalized spacial score (nSPS) is 13.9. The number of ether oxygens (including phenoxy) is 2. The van der Waals surface area contributed by atoms with Gasteiger partial charge >= 0.3 is 12.1 Å². The van der Waals surface area contributed by atoms with Gasteiger partial charge < -0.3 is 25.4 Å². The summed E-state index contributed by atoms with van der Waals surface area (Å²) >= 11 is 0. The average Bonchev–Trinajstić information content (AvgIpc) is 2.65. The maximum absolute atomic E-state index is 12.7. The number of nitrogens with one attached hydrogen (secondary N) is 3. The van der Waals surface area contributed by atoms with E-state index < -0.39 is 47.6 Å². The molecule has 0 aromatic heterocycles. The maximum atomic E-state index is 12.7. The van der Waals surface area contributed by atoms with Gasteiger partial charge in [0.2, 0.25) is 11.8 Å². The minimum absolute atomic E-state index is 0.200. The molecule has 0 aliphatic carbocycles. The van der Waals surface area contributed by atoms with Gasteiger partial charge in [0.05, 0.1) is 7.11 Å². The lowest BCUT2D eigenvalue weighted by molar-refractivity contribution is -0.144. The lowest BCUT2D eigenvalue weighted by Crippen LogP contribution is -2.55. The van der Waals surface area contributed by atoms with Crippen molar-refractivity contribution in [2.75, 3.05) is 7.11 Å². The number of alkyl carbamates (subject to hydrolysis) is 1. The second kappa shape index (κ2) is 11.2. The molecule has 0 heterocycles. The molecule has 0 spiro atoms. The van der Waals surface area contributed by atoms with Crippen molar-refractivity contribution >= 4 is 23.9 Å². The van der Waals surface area contributed by atoms with E-state index in [1.54, 1.807) is 20.8 Å². The molecular weight excluding hydrogens is 390 g/mol. The highest BCUT2D eigenvalue weighted by atomic mass is 16.6. The molecule has 9 nitrogen and oxygen atoms in total. The number of rotatable bonds is 8. The Morgan fingerprint density at radius 1 is 0.900 bits per heavy atom. The molecule has 2 unspecified atom stereocenters. The Morgan fingerprint density at radius 3 is 2.03 bits per heavy atom. The lowest BCUT2D eigenvalue weighted by atomic mass is 10.0. The van der Waals surface area contributed by atoms with Crippen molar-refractivity contribution < 1.29 is 28.7 Å². The van der Waals surface area contributed by atoms with Gasteiger partial charge in [0.25, 0.3) is 0 Å². The summed E-state index contributed by atoms with van der Waals surface area (Å²) in [6, 6.07) is 6.32. The third-order valence-electron chi connectivity index (χ3n) is 3.96. The average molecular weight is 421 g/mol. The van der Waals surface area contributed by atoms with Crippen LogP contribution in [-0.2, 0) is 30.3 Å². The van der Waals surface area contributed by atoms with Gasteiger partial charge in [0.15, 0.2) is 0 Å². The SMILES string of the molecule is COC(=O)C(C)NC(=O)C(Cc1ccccc1)NC(=O)[C@H](C)NC(=O)OC(C)(C)C. The fourth-order valence-corrected chi connectivity index (χ4v) is 2.46. The Hall–Kier alpha value is -3.10. The quantitative estimate of drug-likeness (QED) is 0.544. The van der Waals surface area contributed by atoms with E-state index >= 15 is 0 Å². The van der Waals surface area contributed by atoms with E-state index in [0.717, 1.165) is 5.56 Å². The van der Waals surface area contributed by atoms with Gasteiger partial charge in [-0.3, -0.25) is 9.59 Å². The Balaban J connectivity index is 2.85. The third-order valence-corrected chi connectivity index (χ3v) is 3.96. The predicted octanol–water partition coefficient (Wildman–Crippen LogP) is 1.30. The van der Waals surface area contributed by atoms with Crippen molar-refractivity contribution in [1.82, 2.24) is 16.0 Å². The zero-order chi connectivity index (χ0) is 22.9. The van der Waals surface area contributed by atoms with E-state index in [2.05, 4.69) is 20.7 Å². The number of hydrogen-bond acceptors (Lipinski definition) is 6. The molecule has 30 heavy (non-hydrogen) atoms. The van der Waals surface area contributed by atoms with E-state index in [-0.39, 0.29) is 6.42 Å². The molecule has 166 valence electrons. The van der Waals surface area contributed by atoms with Crippen LogP contribution in [0.5, 0.6) is 0 Å². The van der Waals surface area contributed by atoms with Crippen LogP contribution in [0.15, 0.2) is 30.3 Å². The van der Waals surface area contributed by atoms with Crippen LogP contribution in [0.3, 0.4) is 0 Å². The van der Waals surface area contributed by atoms with Crippen LogP contribution in [0.4, 0.5) is 4.79 Å². The summed E-state index contributed by atoms with van der Waals surface area (Å²) in [5.74, 6) is -1.72. The summed E-state index contributed by atoms with van der Waals surface area (Å²) in [4.78, 5) is 48.8. The Labute approximate surface area is 176 Å². The largest absolute Gasteiger partial charge is 0.467 e. The maximum Gasteiger partial charge on any atom is 0.408 e. The third kappa shape index (κ3) is 8.93. The van der Waals surface area contributed by atoms with Crippen molar-refractivity contribution in [3.05, 3.63) is 35.9 Å². The van der Waals surface area contributed by atoms with Crippen molar-refractivity contribution in [2.24, 2.45) is 0 Å². The number of carbonyl (C=O) groups excluding carboxylic acids is 4.